The first kappa shape index (κ1) is 19.9. The number of aryl methyl sites for hydroxylation is 1. The molecule has 2 aromatic carbocycles. The maximum absolute atomic E-state index is 12.6. The average molecular weight is 423 g/mol. The van der Waals surface area contributed by atoms with E-state index in [4.69, 9.17) is 9.47 Å². The van der Waals surface area contributed by atoms with Crippen LogP contribution in [0, 0.1) is 6.92 Å². The van der Waals surface area contributed by atoms with E-state index in [1.54, 1.807) is 19.6 Å². The van der Waals surface area contributed by atoms with Gasteiger partial charge in [-0.2, -0.15) is 0 Å². The van der Waals surface area contributed by atoms with Crippen molar-refractivity contribution >= 4 is 28.3 Å². The lowest BCUT2D eigenvalue weighted by atomic mass is 10.2. The minimum atomic E-state index is -0.194. The molecule has 0 aliphatic rings. The van der Waals surface area contributed by atoms with Gasteiger partial charge in [-0.25, -0.2) is 9.97 Å². The minimum Gasteiger partial charge on any atom is -0.493 e. The molecule has 0 fully saturated rings. The van der Waals surface area contributed by atoms with Crippen molar-refractivity contribution in [2.24, 2.45) is 0 Å². The van der Waals surface area contributed by atoms with Crippen LogP contribution in [0.25, 0.3) is 21.6 Å². The number of carbonyl (C=O) groups excluding carboxylic acids is 1. The van der Waals surface area contributed by atoms with Crippen LogP contribution in [0.1, 0.15) is 16.3 Å². The van der Waals surface area contributed by atoms with Gasteiger partial charge < -0.3 is 19.4 Å². The van der Waals surface area contributed by atoms with Crippen molar-refractivity contribution in [1.82, 2.24) is 19.9 Å². The summed E-state index contributed by atoms with van der Waals surface area (Å²) in [5.41, 5.74) is 3.29. The Morgan fingerprint density at radius 1 is 1.10 bits per heavy atom. The molecule has 0 aliphatic carbocycles. The lowest BCUT2D eigenvalue weighted by molar-refractivity contribution is 0.0948. The second-order valence-corrected chi connectivity index (χ2v) is 7.52. The average Bonchev–Trinajstić information content (AvgIpc) is 3.38. The summed E-state index contributed by atoms with van der Waals surface area (Å²) < 4.78 is 12.7. The number of carbonyl (C=O) groups is 1. The summed E-state index contributed by atoms with van der Waals surface area (Å²) >= 11 is 1.42. The standard InChI is InChI=1S/C22H22N4O3S/c1-14-24-16-6-4-5-7-18(16)26(14)11-10-23-21(27)17-13-30-22(25-17)15-8-9-19(28-2)20(12-15)29-3/h4-9,12-13H,10-11H2,1-3H3,(H,23,27). The number of rotatable bonds is 7. The second-order valence-electron chi connectivity index (χ2n) is 6.66. The van der Waals surface area contributed by atoms with Crippen LogP contribution in [0.4, 0.5) is 0 Å². The van der Waals surface area contributed by atoms with Crippen LogP contribution in [0.3, 0.4) is 0 Å². The number of hydrogen-bond donors (Lipinski definition) is 1. The zero-order chi connectivity index (χ0) is 21.1. The minimum absolute atomic E-state index is 0.194. The first-order valence-electron chi connectivity index (χ1n) is 9.48. The van der Waals surface area contributed by atoms with E-state index in [2.05, 4.69) is 19.9 Å². The lowest BCUT2D eigenvalue weighted by Crippen LogP contribution is -2.27. The molecular formula is C22H22N4O3S. The highest BCUT2D eigenvalue weighted by molar-refractivity contribution is 7.13. The molecule has 0 bridgehead atoms. The monoisotopic (exact) mass is 422 g/mol. The normalized spacial score (nSPS) is 10.9. The van der Waals surface area contributed by atoms with Crippen molar-refractivity contribution in [1.29, 1.82) is 0 Å². The highest BCUT2D eigenvalue weighted by Crippen LogP contribution is 2.33. The smallest absolute Gasteiger partial charge is 0.270 e. The van der Waals surface area contributed by atoms with Crippen molar-refractivity contribution in [3.63, 3.8) is 0 Å². The Hall–Kier alpha value is -3.39. The topological polar surface area (TPSA) is 78.3 Å². The molecule has 0 atom stereocenters. The third-order valence-electron chi connectivity index (χ3n) is 4.83. The van der Waals surface area contributed by atoms with Gasteiger partial charge in [0.05, 0.1) is 25.3 Å². The van der Waals surface area contributed by atoms with Crippen molar-refractivity contribution in [2.45, 2.75) is 13.5 Å². The fourth-order valence-corrected chi connectivity index (χ4v) is 4.13. The quantitative estimate of drug-likeness (QED) is 0.488. The third kappa shape index (κ3) is 3.86. The van der Waals surface area contributed by atoms with E-state index in [0.29, 0.717) is 30.3 Å². The summed E-state index contributed by atoms with van der Waals surface area (Å²) in [6, 6.07) is 13.6. The lowest BCUT2D eigenvalue weighted by Gasteiger charge is -2.08. The van der Waals surface area contributed by atoms with Crippen LogP contribution in [-0.2, 0) is 6.54 Å². The van der Waals surface area contributed by atoms with E-state index in [0.717, 1.165) is 27.4 Å². The molecule has 0 aliphatic heterocycles. The van der Waals surface area contributed by atoms with Crippen molar-refractivity contribution in [3.8, 4) is 22.1 Å². The van der Waals surface area contributed by atoms with Gasteiger partial charge in [-0.3, -0.25) is 4.79 Å². The number of para-hydroxylation sites is 2. The predicted molar refractivity (Wildman–Crippen MR) is 117 cm³/mol. The van der Waals surface area contributed by atoms with E-state index in [9.17, 15) is 4.79 Å². The molecular weight excluding hydrogens is 400 g/mol. The Morgan fingerprint density at radius 3 is 2.70 bits per heavy atom. The summed E-state index contributed by atoms with van der Waals surface area (Å²) in [5, 5.41) is 5.46. The fourth-order valence-electron chi connectivity index (χ4n) is 3.33. The number of amides is 1. The molecule has 154 valence electrons. The molecule has 0 saturated carbocycles. The van der Waals surface area contributed by atoms with Crippen LogP contribution in [-0.4, -0.2) is 41.2 Å². The van der Waals surface area contributed by atoms with E-state index < -0.39 is 0 Å². The molecule has 0 saturated heterocycles. The van der Waals surface area contributed by atoms with Crippen LogP contribution >= 0.6 is 11.3 Å². The van der Waals surface area contributed by atoms with Gasteiger partial charge in [-0.05, 0) is 37.3 Å². The molecule has 2 aromatic heterocycles. The van der Waals surface area contributed by atoms with Gasteiger partial charge in [0.25, 0.3) is 5.91 Å². The van der Waals surface area contributed by atoms with Crippen LogP contribution in [0.2, 0.25) is 0 Å². The van der Waals surface area contributed by atoms with Crippen molar-refractivity contribution < 1.29 is 14.3 Å². The van der Waals surface area contributed by atoms with Crippen molar-refractivity contribution in [3.05, 3.63) is 59.4 Å². The van der Waals surface area contributed by atoms with Gasteiger partial charge in [0.15, 0.2) is 11.5 Å². The second kappa shape index (κ2) is 8.54. The zero-order valence-corrected chi connectivity index (χ0v) is 17.8. The first-order chi connectivity index (χ1) is 14.6. The number of benzene rings is 2. The number of imidazole rings is 1. The molecule has 1 amide bonds. The number of methoxy groups -OCH3 is 2. The number of thiazole rings is 1. The molecule has 4 aromatic rings. The largest absolute Gasteiger partial charge is 0.493 e. The van der Waals surface area contributed by atoms with E-state index >= 15 is 0 Å². The predicted octanol–water partition coefficient (Wildman–Crippen LogP) is 3.92. The van der Waals surface area contributed by atoms with Gasteiger partial charge in [0, 0.05) is 24.0 Å². The molecule has 2 heterocycles. The SMILES string of the molecule is COc1ccc(-c2nc(C(=O)NCCn3c(C)nc4ccccc43)cs2)cc1OC. The van der Waals surface area contributed by atoms with Crippen LogP contribution < -0.4 is 14.8 Å². The summed E-state index contributed by atoms with van der Waals surface area (Å²) in [7, 11) is 3.19. The van der Waals surface area contributed by atoms with Crippen molar-refractivity contribution in [2.75, 3.05) is 20.8 Å². The van der Waals surface area contributed by atoms with E-state index in [1.165, 1.54) is 11.3 Å². The fraction of sp³-hybridized carbons (Fsp3) is 0.227. The van der Waals surface area contributed by atoms with E-state index in [1.807, 2.05) is 49.4 Å². The summed E-state index contributed by atoms with van der Waals surface area (Å²) in [5.74, 6) is 2.01. The molecule has 4 rings (SSSR count). The summed E-state index contributed by atoms with van der Waals surface area (Å²) in [4.78, 5) is 21.6. The maximum Gasteiger partial charge on any atom is 0.270 e. The number of aromatic nitrogens is 3. The summed E-state index contributed by atoms with van der Waals surface area (Å²) in [6.45, 7) is 3.10. The number of nitrogens with zero attached hydrogens (tertiary/aromatic N) is 3. The van der Waals surface area contributed by atoms with E-state index in [-0.39, 0.29) is 5.91 Å². The molecule has 8 heteroatoms. The molecule has 0 unspecified atom stereocenters. The van der Waals surface area contributed by atoms with Crippen LogP contribution in [0.5, 0.6) is 11.5 Å². The van der Waals surface area contributed by atoms with Gasteiger partial charge in [0.1, 0.15) is 16.5 Å². The Kier molecular flexibility index (Phi) is 5.67. The van der Waals surface area contributed by atoms with Gasteiger partial charge in [-0.1, -0.05) is 12.1 Å². The Morgan fingerprint density at radius 2 is 1.90 bits per heavy atom. The molecule has 0 radical (unpaired) electrons. The highest BCUT2D eigenvalue weighted by Gasteiger charge is 2.14. The van der Waals surface area contributed by atoms with Crippen LogP contribution in [0.15, 0.2) is 47.8 Å². The highest BCUT2D eigenvalue weighted by atomic mass is 32.1. The molecule has 7 nitrogen and oxygen atoms in total. The molecule has 30 heavy (non-hydrogen) atoms. The Labute approximate surface area is 178 Å². The Bertz CT molecular complexity index is 1200. The maximum atomic E-state index is 12.6. The first-order valence-corrected chi connectivity index (χ1v) is 10.4. The number of fused-ring (bicyclic) bond motifs is 1. The third-order valence-corrected chi connectivity index (χ3v) is 5.73. The van der Waals surface area contributed by atoms with Gasteiger partial charge >= 0.3 is 0 Å². The summed E-state index contributed by atoms with van der Waals surface area (Å²) in [6.07, 6.45) is 0. The number of nitrogens with one attached hydrogen (secondary N) is 1. The number of ether oxygens (including phenoxy) is 2. The number of hydrogen-bond acceptors (Lipinski definition) is 6. The molecule has 0 spiro atoms. The Balaban J connectivity index is 1.43. The zero-order valence-electron chi connectivity index (χ0n) is 17.0. The molecule has 1 N–H and O–H groups in total. The van der Waals surface area contributed by atoms with Gasteiger partial charge in [0.2, 0.25) is 0 Å². The van der Waals surface area contributed by atoms with Gasteiger partial charge in [-0.15, -0.1) is 11.3 Å².